The summed E-state index contributed by atoms with van der Waals surface area (Å²) >= 11 is 0. The summed E-state index contributed by atoms with van der Waals surface area (Å²) in [5.41, 5.74) is 0.742. The predicted octanol–water partition coefficient (Wildman–Crippen LogP) is 0.994. The lowest BCUT2D eigenvalue weighted by Crippen LogP contribution is -2.55. The van der Waals surface area contributed by atoms with Crippen LogP contribution >= 0.6 is 0 Å². The Kier molecular flexibility index (Phi) is 6.08. The number of benzene rings is 1. The second-order valence-corrected chi connectivity index (χ2v) is 12.5. The molecule has 9 nitrogen and oxygen atoms in total. The van der Waals surface area contributed by atoms with E-state index in [1.54, 1.807) is 36.1 Å². The number of nitrogens with zero attached hydrogens (tertiary/aromatic N) is 2. The molecule has 1 aromatic carbocycles. The first-order valence-corrected chi connectivity index (χ1v) is 13.6. The highest BCUT2D eigenvalue weighted by Crippen LogP contribution is 2.34. The van der Waals surface area contributed by atoms with Crippen molar-refractivity contribution in [3.05, 3.63) is 47.9 Å². The van der Waals surface area contributed by atoms with Gasteiger partial charge in [0, 0.05) is 32.2 Å². The van der Waals surface area contributed by atoms with Gasteiger partial charge in [0.15, 0.2) is 25.4 Å². The number of piperazine rings is 1. The maximum Gasteiger partial charge on any atom is 0.289 e. The summed E-state index contributed by atoms with van der Waals surface area (Å²) in [6.45, 7) is 3.25. The molecule has 32 heavy (non-hydrogen) atoms. The van der Waals surface area contributed by atoms with Crippen LogP contribution in [-0.2, 0) is 19.7 Å². The molecule has 0 N–H and O–H groups in total. The molecule has 4 rings (SSSR count). The van der Waals surface area contributed by atoms with Gasteiger partial charge in [0.1, 0.15) is 10.6 Å². The number of carbonyl (C=O) groups excluding carboxylic acids is 1. The van der Waals surface area contributed by atoms with Crippen molar-refractivity contribution in [1.29, 1.82) is 0 Å². The summed E-state index contributed by atoms with van der Waals surface area (Å²) in [7, 11) is -6.13. The molecule has 3 heterocycles. The van der Waals surface area contributed by atoms with Gasteiger partial charge < -0.3 is 14.1 Å². The highest BCUT2D eigenvalue weighted by Gasteiger charge is 2.49. The van der Waals surface area contributed by atoms with E-state index in [1.807, 2.05) is 4.90 Å². The molecule has 2 atom stereocenters. The first kappa shape index (κ1) is 22.8. The summed E-state index contributed by atoms with van der Waals surface area (Å²) in [6, 6.07) is 7.40. The fraction of sp³-hybridized carbons (Fsp3) is 0.476. The van der Waals surface area contributed by atoms with E-state index in [2.05, 4.69) is 0 Å². The Bertz CT molecular complexity index is 1200. The molecule has 1 amide bonds. The van der Waals surface area contributed by atoms with Crippen LogP contribution < -0.4 is 4.74 Å². The van der Waals surface area contributed by atoms with Gasteiger partial charge in [0.2, 0.25) is 0 Å². The Morgan fingerprint density at radius 3 is 2.47 bits per heavy atom. The molecule has 2 aliphatic heterocycles. The molecule has 0 unspecified atom stereocenters. The lowest BCUT2D eigenvalue weighted by atomic mass is 10.2. The number of sulfone groups is 2. The molecule has 2 fully saturated rings. The van der Waals surface area contributed by atoms with Crippen molar-refractivity contribution < 1.29 is 30.8 Å². The molecule has 174 valence electrons. The fourth-order valence-corrected chi connectivity index (χ4v) is 9.49. The average Bonchev–Trinajstić information content (AvgIpc) is 3.41. The van der Waals surface area contributed by atoms with Gasteiger partial charge in [-0.05, 0) is 36.8 Å². The minimum absolute atomic E-state index is 0.0127. The van der Waals surface area contributed by atoms with E-state index in [-0.39, 0.29) is 28.1 Å². The van der Waals surface area contributed by atoms with Crippen LogP contribution in [0.4, 0.5) is 0 Å². The number of ether oxygens (including phenoxy) is 1. The van der Waals surface area contributed by atoms with Gasteiger partial charge in [0.05, 0.1) is 30.1 Å². The molecule has 11 heteroatoms. The van der Waals surface area contributed by atoms with E-state index < -0.39 is 36.7 Å². The number of hydrogen-bond acceptors (Lipinski definition) is 8. The fourth-order valence-electron chi connectivity index (χ4n) is 4.42. The molecule has 1 aromatic heterocycles. The normalized spacial score (nSPS) is 23.9. The van der Waals surface area contributed by atoms with E-state index in [9.17, 15) is 21.6 Å². The van der Waals surface area contributed by atoms with Crippen molar-refractivity contribution in [2.45, 2.75) is 23.1 Å². The van der Waals surface area contributed by atoms with Gasteiger partial charge >= 0.3 is 0 Å². The topological polar surface area (TPSA) is 114 Å². The van der Waals surface area contributed by atoms with Crippen molar-refractivity contribution in [2.75, 3.05) is 44.8 Å². The summed E-state index contributed by atoms with van der Waals surface area (Å²) < 4.78 is 62.6. The number of rotatable bonds is 5. The van der Waals surface area contributed by atoms with Crippen molar-refractivity contribution >= 4 is 25.6 Å². The van der Waals surface area contributed by atoms with E-state index in [1.165, 1.54) is 19.4 Å². The second-order valence-electron chi connectivity index (χ2n) is 8.19. The quantitative estimate of drug-likeness (QED) is 0.620. The maximum absolute atomic E-state index is 13.6. The lowest BCUT2D eigenvalue weighted by Gasteiger charge is -2.39. The SMILES string of the molecule is COc1ccc(C)cc1S(=O)(=O)[C@H]1CS(=O)(=O)C[C@@H]1N1CCN(C(=O)c2ccco2)CC1. The van der Waals surface area contributed by atoms with Crippen LogP contribution in [0.5, 0.6) is 5.75 Å². The summed E-state index contributed by atoms with van der Waals surface area (Å²) in [5.74, 6) is -0.441. The van der Waals surface area contributed by atoms with Crippen molar-refractivity contribution in [2.24, 2.45) is 0 Å². The Morgan fingerprint density at radius 1 is 1.12 bits per heavy atom. The molecular formula is C21H26N2O7S2. The zero-order valence-electron chi connectivity index (χ0n) is 17.9. The van der Waals surface area contributed by atoms with Crippen molar-refractivity contribution in [3.63, 3.8) is 0 Å². The number of hydrogen-bond donors (Lipinski definition) is 0. The smallest absolute Gasteiger partial charge is 0.289 e. The van der Waals surface area contributed by atoms with E-state index in [0.29, 0.717) is 26.2 Å². The maximum atomic E-state index is 13.6. The van der Waals surface area contributed by atoms with Gasteiger partial charge in [-0.1, -0.05) is 6.07 Å². The minimum Gasteiger partial charge on any atom is -0.495 e. The third-order valence-electron chi connectivity index (χ3n) is 6.10. The molecule has 2 aromatic rings. The average molecular weight is 483 g/mol. The van der Waals surface area contributed by atoms with E-state index in [0.717, 1.165) is 5.56 Å². The third kappa shape index (κ3) is 4.28. The molecule has 0 spiro atoms. The standard InChI is InChI=1S/C21H26N2O7S2/c1-15-5-6-17(29-2)19(12-15)32(27,28)20-14-31(25,26)13-16(20)22-7-9-23(10-8-22)21(24)18-4-3-11-30-18/h3-6,11-12,16,20H,7-10,13-14H2,1-2H3/t16-,20-/m0/s1. The first-order chi connectivity index (χ1) is 15.1. The van der Waals surface area contributed by atoms with Crippen LogP contribution in [-0.4, -0.2) is 88.6 Å². The van der Waals surface area contributed by atoms with Gasteiger partial charge in [0.25, 0.3) is 5.91 Å². The van der Waals surface area contributed by atoms with Crippen molar-refractivity contribution in [3.8, 4) is 5.75 Å². The molecule has 0 saturated carbocycles. The second kappa shape index (κ2) is 8.53. The van der Waals surface area contributed by atoms with Gasteiger partial charge in [-0.25, -0.2) is 16.8 Å². The predicted molar refractivity (Wildman–Crippen MR) is 117 cm³/mol. The first-order valence-electron chi connectivity index (χ1n) is 10.3. The molecule has 2 saturated heterocycles. The zero-order valence-corrected chi connectivity index (χ0v) is 19.6. The Balaban J connectivity index is 1.57. The molecule has 0 aliphatic carbocycles. The van der Waals surface area contributed by atoms with Gasteiger partial charge in [-0.3, -0.25) is 9.69 Å². The Labute approximate surface area is 187 Å². The van der Waals surface area contributed by atoms with E-state index >= 15 is 0 Å². The molecule has 0 radical (unpaired) electrons. The Morgan fingerprint density at radius 2 is 1.84 bits per heavy atom. The van der Waals surface area contributed by atoms with Crippen LogP contribution in [0.1, 0.15) is 16.1 Å². The summed E-state index contributed by atoms with van der Waals surface area (Å²) in [5, 5.41) is -1.10. The monoisotopic (exact) mass is 482 g/mol. The van der Waals surface area contributed by atoms with Crippen LogP contribution in [0.15, 0.2) is 45.9 Å². The van der Waals surface area contributed by atoms with E-state index in [4.69, 9.17) is 9.15 Å². The van der Waals surface area contributed by atoms with Gasteiger partial charge in [-0.15, -0.1) is 0 Å². The number of furan rings is 1. The minimum atomic E-state index is -3.98. The third-order valence-corrected chi connectivity index (χ3v) is 10.2. The largest absolute Gasteiger partial charge is 0.495 e. The number of aryl methyl sites for hydroxylation is 1. The van der Waals surface area contributed by atoms with Crippen LogP contribution in [0.25, 0.3) is 0 Å². The molecular weight excluding hydrogens is 456 g/mol. The number of amides is 1. The number of methoxy groups -OCH3 is 1. The number of carbonyl (C=O) groups is 1. The highest BCUT2D eigenvalue weighted by molar-refractivity contribution is 7.96. The van der Waals surface area contributed by atoms with Crippen LogP contribution in [0.2, 0.25) is 0 Å². The zero-order chi connectivity index (χ0) is 23.1. The highest BCUT2D eigenvalue weighted by atomic mass is 32.2. The summed E-state index contributed by atoms with van der Waals surface area (Å²) in [4.78, 5) is 16.0. The molecule has 0 bridgehead atoms. The Hall–Kier alpha value is -2.37. The van der Waals surface area contributed by atoms with Crippen molar-refractivity contribution in [1.82, 2.24) is 9.80 Å². The van der Waals surface area contributed by atoms with Crippen LogP contribution in [0, 0.1) is 6.92 Å². The molecule has 2 aliphatic rings. The van der Waals surface area contributed by atoms with Gasteiger partial charge in [-0.2, -0.15) is 0 Å². The van der Waals surface area contributed by atoms with Crippen LogP contribution in [0.3, 0.4) is 0 Å². The lowest BCUT2D eigenvalue weighted by molar-refractivity contribution is 0.0560. The summed E-state index contributed by atoms with van der Waals surface area (Å²) in [6.07, 6.45) is 1.43.